The minimum atomic E-state index is 0.472. The first kappa shape index (κ1) is 10.8. The van der Waals surface area contributed by atoms with Gasteiger partial charge in [-0.25, -0.2) is 0 Å². The Morgan fingerprint density at radius 3 is 2.81 bits per heavy atom. The first-order valence-electron chi connectivity index (χ1n) is 4.95. The molecule has 3 nitrogen and oxygen atoms in total. The van der Waals surface area contributed by atoms with Crippen molar-refractivity contribution in [3.05, 3.63) is 53.3 Å². The van der Waals surface area contributed by atoms with Crippen LogP contribution >= 0.6 is 12.2 Å². The minimum absolute atomic E-state index is 0.472. The normalized spacial score (nSPS) is 10.1. The molecule has 0 spiro atoms. The van der Waals surface area contributed by atoms with Gasteiger partial charge in [-0.05, 0) is 17.8 Å². The van der Waals surface area contributed by atoms with Gasteiger partial charge >= 0.3 is 0 Å². The number of benzene rings is 1. The number of ether oxygens (including phenoxy) is 1. The van der Waals surface area contributed by atoms with Crippen molar-refractivity contribution in [2.45, 2.75) is 6.42 Å². The summed E-state index contributed by atoms with van der Waals surface area (Å²) >= 11 is 5.10. The molecule has 0 aliphatic heterocycles. The molecule has 1 aromatic carbocycles. The molecule has 0 unspecified atom stereocenters. The van der Waals surface area contributed by atoms with Crippen molar-refractivity contribution in [3.8, 4) is 0 Å². The summed E-state index contributed by atoms with van der Waals surface area (Å²) in [5, 5.41) is 7.42. The molecule has 0 saturated carbocycles. The molecular formula is C12H12N2OS. The van der Waals surface area contributed by atoms with Crippen molar-refractivity contribution in [1.82, 2.24) is 10.2 Å². The second kappa shape index (κ2) is 4.90. The molecule has 0 aliphatic carbocycles. The maximum Gasteiger partial charge on any atom is 0.194 e. The fraction of sp³-hybridized carbons (Fsp3) is 0.167. The summed E-state index contributed by atoms with van der Waals surface area (Å²) in [7, 11) is 1.57. The Kier molecular flexibility index (Phi) is 3.31. The molecule has 0 amide bonds. The lowest BCUT2D eigenvalue weighted by Crippen LogP contribution is -2.02. The number of aromatic nitrogens is 2. The van der Waals surface area contributed by atoms with Crippen LogP contribution in [0.15, 0.2) is 36.5 Å². The zero-order valence-electron chi connectivity index (χ0n) is 8.93. The first-order valence-corrected chi connectivity index (χ1v) is 5.36. The molecule has 0 saturated heterocycles. The van der Waals surface area contributed by atoms with E-state index >= 15 is 0 Å². The van der Waals surface area contributed by atoms with Crippen molar-refractivity contribution in [1.29, 1.82) is 0 Å². The molecule has 0 aliphatic rings. The Morgan fingerprint density at radius 1 is 1.38 bits per heavy atom. The van der Waals surface area contributed by atoms with Crippen molar-refractivity contribution < 1.29 is 4.74 Å². The van der Waals surface area contributed by atoms with Gasteiger partial charge in [-0.15, -0.1) is 0 Å². The molecule has 1 heterocycles. The van der Waals surface area contributed by atoms with E-state index in [-0.39, 0.29) is 0 Å². The Bertz CT molecular complexity index is 479. The summed E-state index contributed by atoms with van der Waals surface area (Å²) in [6.45, 7) is 0. The van der Waals surface area contributed by atoms with Gasteiger partial charge in [0.15, 0.2) is 5.05 Å². The van der Waals surface area contributed by atoms with Crippen LogP contribution in [0.2, 0.25) is 0 Å². The smallest absolute Gasteiger partial charge is 0.194 e. The average molecular weight is 232 g/mol. The highest BCUT2D eigenvalue weighted by Crippen LogP contribution is 2.12. The monoisotopic (exact) mass is 232 g/mol. The van der Waals surface area contributed by atoms with Crippen molar-refractivity contribution in [3.63, 3.8) is 0 Å². The topological polar surface area (TPSA) is 37.9 Å². The van der Waals surface area contributed by atoms with Gasteiger partial charge < -0.3 is 4.74 Å². The third-order valence-electron chi connectivity index (χ3n) is 2.35. The zero-order valence-corrected chi connectivity index (χ0v) is 9.75. The second-order valence-electron chi connectivity index (χ2n) is 3.42. The number of hydrogen-bond donors (Lipinski definition) is 1. The van der Waals surface area contributed by atoms with E-state index in [0.717, 1.165) is 17.7 Å². The molecule has 0 atom stereocenters. The number of methoxy groups -OCH3 is 1. The highest BCUT2D eigenvalue weighted by atomic mass is 32.1. The van der Waals surface area contributed by atoms with E-state index in [1.807, 2.05) is 18.2 Å². The summed E-state index contributed by atoms with van der Waals surface area (Å²) < 4.78 is 5.04. The van der Waals surface area contributed by atoms with E-state index < -0.39 is 0 Å². The number of rotatable bonds is 3. The molecule has 2 aromatic rings. The zero-order chi connectivity index (χ0) is 11.4. The highest BCUT2D eigenvalue weighted by Gasteiger charge is 2.10. The van der Waals surface area contributed by atoms with Gasteiger partial charge in [0, 0.05) is 6.42 Å². The van der Waals surface area contributed by atoms with Gasteiger partial charge in [0.25, 0.3) is 0 Å². The third-order valence-corrected chi connectivity index (χ3v) is 2.73. The van der Waals surface area contributed by atoms with Crippen LogP contribution in [0.25, 0.3) is 0 Å². The highest BCUT2D eigenvalue weighted by molar-refractivity contribution is 7.80. The van der Waals surface area contributed by atoms with Crippen molar-refractivity contribution in [2.75, 3.05) is 7.11 Å². The molecule has 2 rings (SSSR count). The fourth-order valence-electron chi connectivity index (χ4n) is 1.53. The molecular weight excluding hydrogens is 220 g/mol. The Hall–Kier alpha value is -1.68. The van der Waals surface area contributed by atoms with Crippen LogP contribution in [0.3, 0.4) is 0 Å². The lowest BCUT2D eigenvalue weighted by molar-refractivity contribution is 0.415. The molecule has 16 heavy (non-hydrogen) atoms. The summed E-state index contributed by atoms with van der Waals surface area (Å²) in [4.78, 5) is 0. The number of nitrogens with zero attached hydrogens (tertiary/aromatic N) is 1. The largest absolute Gasteiger partial charge is 0.486 e. The van der Waals surface area contributed by atoms with Crippen LogP contribution in [0.1, 0.15) is 16.8 Å². The molecule has 0 fully saturated rings. The van der Waals surface area contributed by atoms with Gasteiger partial charge in [0.05, 0.1) is 24.6 Å². The quantitative estimate of drug-likeness (QED) is 0.825. The van der Waals surface area contributed by atoms with E-state index in [9.17, 15) is 0 Å². The summed E-state index contributed by atoms with van der Waals surface area (Å²) in [6, 6.07) is 10.2. The minimum Gasteiger partial charge on any atom is -0.486 e. The Balaban J connectivity index is 2.22. The Labute approximate surface area is 99.5 Å². The van der Waals surface area contributed by atoms with Crippen LogP contribution < -0.4 is 0 Å². The van der Waals surface area contributed by atoms with Gasteiger partial charge in [-0.3, -0.25) is 5.10 Å². The maximum absolute atomic E-state index is 5.10. The van der Waals surface area contributed by atoms with Crippen LogP contribution in [0.5, 0.6) is 0 Å². The molecule has 0 bridgehead atoms. The van der Waals surface area contributed by atoms with E-state index in [1.165, 1.54) is 5.56 Å². The van der Waals surface area contributed by atoms with E-state index in [4.69, 9.17) is 17.0 Å². The summed E-state index contributed by atoms with van der Waals surface area (Å²) in [5.41, 5.74) is 3.06. The summed E-state index contributed by atoms with van der Waals surface area (Å²) in [6.07, 6.45) is 2.48. The molecule has 1 N–H and O–H groups in total. The number of aromatic amines is 1. The molecule has 1 aromatic heterocycles. The van der Waals surface area contributed by atoms with Crippen LogP contribution in [0, 0.1) is 0 Å². The standard InChI is InChI=1S/C12H12N2OS/c1-15-12(16)10-8-13-14-11(10)7-9-5-3-2-4-6-9/h2-6,8H,7H2,1H3,(H,13,14). The molecule has 0 radical (unpaired) electrons. The fourth-order valence-corrected chi connectivity index (χ4v) is 1.71. The number of nitrogens with one attached hydrogen (secondary N) is 1. The number of thiocarbonyl (C=S) groups is 1. The second-order valence-corrected chi connectivity index (χ2v) is 3.79. The predicted octanol–water partition coefficient (Wildman–Crippen LogP) is 2.32. The third kappa shape index (κ3) is 2.28. The van der Waals surface area contributed by atoms with Crippen molar-refractivity contribution in [2.24, 2.45) is 0 Å². The predicted molar refractivity (Wildman–Crippen MR) is 66.5 cm³/mol. The number of hydrogen-bond acceptors (Lipinski definition) is 3. The molecule has 4 heteroatoms. The van der Waals surface area contributed by atoms with Gasteiger partial charge in [0.2, 0.25) is 0 Å². The van der Waals surface area contributed by atoms with Crippen molar-refractivity contribution >= 4 is 17.3 Å². The van der Waals surface area contributed by atoms with E-state index in [0.29, 0.717) is 5.05 Å². The SMILES string of the molecule is COC(=S)c1cn[nH]c1Cc1ccccc1. The van der Waals surface area contributed by atoms with Crippen LogP contribution in [0.4, 0.5) is 0 Å². The van der Waals surface area contributed by atoms with Crippen LogP contribution in [-0.2, 0) is 11.2 Å². The Morgan fingerprint density at radius 2 is 2.12 bits per heavy atom. The van der Waals surface area contributed by atoms with Gasteiger partial charge in [0.1, 0.15) is 0 Å². The van der Waals surface area contributed by atoms with Gasteiger partial charge in [-0.1, -0.05) is 30.3 Å². The van der Waals surface area contributed by atoms with Gasteiger partial charge in [-0.2, -0.15) is 5.10 Å². The number of H-pyrrole nitrogens is 1. The lowest BCUT2D eigenvalue weighted by Gasteiger charge is -2.03. The average Bonchev–Trinajstić information content (AvgIpc) is 2.77. The first-order chi connectivity index (χ1) is 7.81. The lowest BCUT2D eigenvalue weighted by atomic mass is 10.1. The summed E-state index contributed by atoms with van der Waals surface area (Å²) in [5.74, 6) is 0. The van der Waals surface area contributed by atoms with E-state index in [2.05, 4.69) is 22.3 Å². The maximum atomic E-state index is 5.10. The van der Waals surface area contributed by atoms with E-state index in [1.54, 1.807) is 13.3 Å². The van der Waals surface area contributed by atoms with Crippen LogP contribution in [-0.4, -0.2) is 22.4 Å². The molecule has 82 valence electrons.